The Morgan fingerprint density at radius 2 is 1.92 bits per heavy atom. The third kappa shape index (κ3) is 3.85. The van der Waals surface area contributed by atoms with Gasteiger partial charge in [0, 0.05) is 5.70 Å². The number of ether oxygens (including phenoxy) is 1. The molecule has 1 aromatic carbocycles. The Morgan fingerprint density at radius 3 is 2.46 bits per heavy atom. The number of urea groups is 1. The van der Waals surface area contributed by atoms with Gasteiger partial charge in [0.2, 0.25) is 0 Å². The van der Waals surface area contributed by atoms with Crippen molar-refractivity contribution in [3.63, 3.8) is 0 Å². The smallest absolute Gasteiger partial charge is 0.319 e. The molecule has 0 radical (unpaired) electrons. The average molecular weight is 328 g/mol. The second kappa shape index (κ2) is 6.91. The van der Waals surface area contributed by atoms with Gasteiger partial charge in [-0.3, -0.25) is 4.79 Å². The Labute approximate surface area is 142 Å². The maximum absolute atomic E-state index is 12.4. The topological polar surface area (TPSA) is 67.4 Å². The number of rotatable bonds is 4. The first-order valence-electron chi connectivity index (χ1n) is 7.88. The van der Waals surface area contributed by atoms with Gasteiger partial charge < -0.3 is 15.4 Å². The Balaban J connectivity index is 2.32. The summed E-state index contributed by atoms with van der Waals surface area (Å²) in [5.41, 5.74) is 2.37. The maximum Gasteiger partial charge on any atom is 0.319 e. The van der Waals surface area contributed by atoms with E-state index in [0.29, 0.717) is 5.70 Å². The summed E-state index contributed by atoms with van der Waals surface area (Å²) in [7, 11) is 0. The highest BCUT2D eigenvalue weighted by Gasteiger charge is 2.38. The Bertz CT molecular complexity index is 656. The van der Waals surface area contributed by atoms with Gasteiger partial charge in [-0.25, -0.2) is 4.79 Å². The van der Waals surface area contributed by atoms with Gasteiger partial charge in [0.05, 0.1) is 6.04 Å². The molecule has 2 rings (SSSR count). The molecule has 1 aliphatic rings. The monoisotopic (exact) mass is 328 g/mol. The standard InChI is InChI=1S/C19H24N2O3/c1-6-11-24-17(22)15-12(2)20-18(23)21-16(15)13-7-9-14(10-8-13)19(3,4)5/h6-10,15-16H,1-2,11H2,3-5H3,(H2,20,21,23)/t15-,16+/m1/s1. The Morgan fingerprint density at radius 1 is 1.29 bits per heavy atom. The van der Waals surface area contributed by atoms with Gasteiger partial charge in [0.1, 0.15) is 12.5 Å². The largest absolute Gasteiger partial charge is 0.461 e. The van der Waals surface area contributed by atoms with E-state index in [0.717, 1.165) is 5.56 Å². The van der Waals surface area contributed by atoms with Crippen LogP contribution in [0.4, 0.5) is 4.79 Å². The van der Waals surface area contributed by atoms with Gasteiger partial charge in [-0.15, -0.1) is 0 Å². The summed E-state index contributed by atoms with van der Waals surface area (Å²) >= 11 is 0. The fourth-order valence-electron chi connectivity index (χ4n) is 2.66. The van der Waals surface area contributed by atoms with Crippen molar-refractivity contribution in [1.29, 1.82) is 0 Å². The number of nitrogens with one attached hydrogen (secondary N) is 2. The summed E-state index contributed by atoms with van der Waals surface area (Å²) in [6.07, 6.45) is 1.50. The second-order valence-corrected chi connectivity index (χ2v) is 6.87. The summed E-state index contributed by atoms with van der Waals surface area (Å²) in [6, 6.07) is 6.99. The number of hydrogen-bond donors (Lipinski definition) is 2. The summed E-state index contributed by atoms with van der Waals surface area (Å²) in [5, 5.41) is 5.34. The van der Waals surface area contributed by atoms with Crippen LogP contribution in [0.2, 0.25) is 0 Å². The second-order valence-electron chi connectivity index (χ2n) is 6.87. The number of carbonyl (C=O) groups is 2. The molecule has 0 unspecified atom stereocenters. The van der Waals surface area contributed by atoms with Gasteiger partial charge in [0.15, 0.2) is 0 Å². The van der Waals surface area contributed by atoms with E-state index in [1.54, 1.807) is 0 Å². The molecule has 0 saturated carbocycles. The van der Waals surface area contributed by atoms with Crippen molar-refractivity contribution in [3.8, 4) is 0 Å². The van der Waals surface area contributed by atoms with E-state index >= 15 is 0 Å². The van der Waals surface area contributed by atoms with Gasteiger partial charge in [-0.1, -0.05) is 64.3 Å². The van der Waals surface area contributed by atoms with Crippen molar-refractivity contribution in [2.45, 2.75) is 32.2 Å². The zero-order chi connectivity index (χ0) is 17.9. The van der Waals surface area contributed by atoms with E-state index in [-0.39, 0.29) is 18.1 Å². The highest BCUT2D eigenvalue weighted by Crippen LogP contribution is 2.32. The molecular weight excluding hydrogens is 304 g/mol. The highest BCUT2D eigenvalue weighted by molar-refractivity contribution is 5.85. The summed E-state index contributed by atoms with van der Waals surface area (Å²) in [5.74, 6) is -1.14. The average Bonchev–Trinajstić information content (AvgIpc) is 2.51. The lowest BCUT2D eigenvalue weighted by Gasteiger charge is -2.33. The van der Waals surface area contributed by atoms with Crippen molar-refractivity contribution in [3.05, 3.63) is 60.3 Å². The fraction of sp³-hybridized carbons (Fsp3) is 0.368. The molecule has 1 saturated heterocycles. The maximum atomic E-state index is 12.4. The molecule has 0 bridgehead atoms. The molecule has 1 heterocycles. The summed E-state index contributed by atoms with van der Waals surface area (Å²) in [4.78, 5) is 24.2. The summed E-state index contributed by atoms with van der Waals surface area (Å²) in [6.45, 7) is 13.9. The molecule has 1 fully saturated rings. The SMILES string of the molecule is C=CCOC(=O)[C@@H]1C(=C)NC(=O)N[C@H]1c1ccc(C(C)(C)C)cc1. The molecule has 0 aromatic heterocycles. The molecule has 5 heteroatoms. The minimum atomic E-state index is -0.692. The molecule has 2 atom stereocenters. The van der Waals surface area contributed by atoms with Crippen LogP contribution >= 0.6 is 0 Å². The molecule has 128 valence electrons. The van der Waals surface area contributed by atoms with E-state index in [9.17, 15) is 9.59 Å². The molecule has 0 aliphatic carbocycles. The van der Waals surface area contributed by atoms with Crippen LogP contribution in [0.1, 0.15) is 37.9 Å². The molecule has 2 amide bonds. The van der Waals surface area contributed by atoms with Crippen LogP contribution in [0.5, 0.6) is 0 Å². The fourth-order valence-corrected chi connectivity index (χ4v) is 2.66. The van der Waals surface area contributed by atoms with Crippen LogP contribution < -0.4 is 10.6 Å². The minimum Gasteiger partial charge on any atom is -0.461 e. The molecule has 24 heavy (non-hydrogen) atoms. The number of benzene rings is 1. The van der Waals surface area contributed by atoms with E-state index < -0.39 is 17.9 Å². The lowest BCUT2D eigenvalue weighted by Crippen LogP contribution is -2.51. The Hall–Kier alpha value is -2.56. The minimum absolute atomic E-state index is 0.0296. The third-order valence-electron chi connectivity index (χ3n) is 4.00. The van der Waals surface area contributed by atoms with Gasteiger partial charge >= 0.3 is 12.0 Å². The number of amides is 2. The van der Waals surface area contributed by atoms with Crippen molar-refractivity contribution in [2.24, 2.45) is 5.92 Å². The van der Waals surface area contributed by atoms with Crippen LogP contribution in [-0.4, -0.2) is 18.6 Å². The number of hydrogen-bond acceptors (Lipinski definition) is 3. The van der Waals surface area contributed by atoms with Gasteiger partial charge in [-0.05, 0) is 16.5 Å². The number of carbonyl (C=O) groups excluding carboxylic acids is 2. The highest BCUT2D eigenvalue weighted by atomic mass is 16.5. The molecule has 0 spiro atoms. The van der Waals surface area contributed by atoms with Crippen molar-refractivity contribution in [2.75, 3.05) is 6.61 Å². The van der Waals surface area contributed by atoms with E-state index in [2.05, 4.69) is 44.6 Å². The van der Waals surface area contributed by atoms with Gasteiger partial charge in [-0.2, -0.15) is 0 Å². The van der Waals surface area contributed by atoms with Crippen molar-refractivity contribution < 1.29 is 14.3 Å². The third-order valence-corrected chi connectivity index (χ3v) is 4.00. The first-order valence-corrected chi connectivity index (χ1v) is 7.88. The quantitative estimate of drug-likeness (QED) is 0.659. The molecule has 1 aromatic rings. The van der Waals surface area contributed by atoms with Crippen LogP contribution in [0.3, 0.4) is 0 Å². The normalized spacial score (nSPS) is 20.8. The first kappa shape index (κ1) is 17.8. The van der Waals surface area contributed by atoms with Gasteiger partial charge in [0.25, 0.3) is 0 Å². The van der Waals surface area contributed by atoms with Crippen LogP contribution in [0.25, 0.3) is 0 Å². The lowest BCUT2D eigenvalue weighted by atomic mass is 9.84. The molecule has 1 aliphatic heterocycles. The zero-order valence-corrected chi connectivity index (χ0v) is 14.4. The predicted octanol–water partition coefficient (Wildman–Crippen LogP) is 3.20. The first-order chi connectivity index (χ1) is 11.2. The molecule has 2 N–H and O–H groups in total. The summed E-state index contributed by atoms with van der Waals surface area (Å²) < 4.78 is 5.16. The molecular formula is C19H24N2O3. The lowest BCUT2D eigenvalue weighted by molar-refractivity contribution is -0.147. The van der Waals surface area contributed by atoms with E-state index in [1.165, 1.54) is 11.6 Å². The number of esters is 1. The Kier molecular flexibility index (Phi) is 5.12. The predicted molar refractivity (Wildman–Crippen MR) is 93.3 cm³/mol. The van der Waals surface area contributed by atoms with Crippen LogP contribution in [0, 0.1) is 5.92 Å². The van der Waals surface area contributed by atoms with Crippen LogP contribution in [-0.2, 0) is 14.9 Å². The van der Waals surface area contributed by atoms with E-state index in [4.69, 9.17) is 4.74 Å². The van der Waals surface area contributed by atoms with Crippen LogP contribution in [0.15, 0.2) is 49.2 Å². The molecule has 5 nitrogen and oxygen atoms in total. The zero-order valence-electron chi connectivity index (χ0n) is 14.4. The van der Waals surface area contributed by atoms with Crippen molar-refractivity contribution in [1.82, 2.24) is 10.6 Å². The van der Waals surface area contributed by atoms with Crippen molar-refractivity contribution >= 4 is 12.0 Å². The van der Waals surface area contributed by atoms with E-state index in [1.807, 2.05) is 24.3 Å².